The largest absolute Gasteiger partial charge is 0.457 e. The third-order valence-electron chi connectivity index (χ3n) is 5.67. The molecule has 0 saturated carbocycles. The second-order valence-corrected chi connectivity index (χ2v) is 7.23. The SMILES string of the molecule is CC1C(NC(=O)c2ccc(Oc3ccnc(C#N)c3)cc2)C2CCN1CC2. The third kappa shape index (κ3) is 3.64. The number of rotatable bonds is 4. The van der Waals surface area contributed by atoms with E-state index >= 15 is 0 Å². The molecule has 4 heterocycles. The summed E-state index contributed by atoms with van der Waals surface area (Å²) in [5, 5.41) is 12.1. The first-order chi connectivity index (χ1) is 13.1. The predicted molar refractivity (Wildman–Crippen MR) is 100 cm³/mol. The maximum atomic E-state index is 12.7. The lowest BCUT2D eigenvalue weighted by molar-refractivity contribution is 0.0217. The minimum atomic E-state index is -0.0390. The standard InChI is InChI=1S/C21H22N4O2/c1-14-20(15-7-10-25(14)11-8-15)24-21(26)16-2-4-18(5-3-16)27-19-6-9-23-17(12-19)13-22/h2-6,9,12,14-15,20H,7-8,10-11H2,1H3,(H,24,26). The molecule has 1 amide bonds. The maximum Gasteiger partial charge on any atom is 0.251 e. The van der Waals surface area contributed by atoms with Gasteiger partial charge in [-0.15, -0.1) is 0 Å². The highest BCUT2D eigenvalue weighted by Crippen LogP contribution is 2.32. The van der Waals surface area contributed by atoms with Gasteiger partial charge in [0.05, 0.1) is 0 Å². The van der Waals surface area contributed by atoms with Crippen molar-refractivity contribution in [3.8, 4) is 17.6 Å². The average Bonchev–Trinajstić information content (AvgIpc) is 2.71. The number of amides is 1. The Morgan fingerprint density at radius 3 is 2.63 bits per heavy atom. The second-order valence-electron chi connectivity index (χ2n) is 7.23. The molecule has 2 aromatic rings. The van der Waals surface area contributed by atoms with Crippen molar-refractivity contribution in [2.75, 3.05) is 13.1 Å². The van der Waals surface area contributed by atoms with Crippen LogP contribution < -0.4 is 10.1 Å². The Balaban J connectivity index is 1.41. The van der Waals surface area contributed by atoms with Gasteiger partial charge in [0.1, 0.15) is 23.3 Å². The van der Waals surface area contributed by atoms with E-state index in [1.165, 1.54) is 19.0 Å². The number of hydrogen-bond donors (Lipinski definition) is 1. The quantitative estimate of drug-likeness (QED) is 0.905. The molecule has 1 aromatic heterocycles. The molecule has 3 fully saturated rings. The third-order valence-corrected chi connectivity index (χ3v) is 5.67. The van der Waals surface area contributed by atoms with Crippen molar-refractivity contribution in [1.29, 1.82) is 5.26 Å². The number of fused-ring (bicyclic) bond motifs is 3. The van der Waals surface area contributed by atoms with E-state index in [4.69, 9.17) is 10.00 Å². The van der Waals surface area contributed by atoms with Gasteiger partial charge in [-0.3, -0.25) is 9.69 Å². The number of pyridine rings is 1. The molecule has 2 bridgehead atoms. The number of benzene rings is 1. The van der Waals surface area contributed by atoms with Crippen LogP contribution in [-0.2, 0) is 0 Å². The van der Waals surface area contributed by atoms with Crippen LogP contribution in [0, 0.1) is 17.2 Å². The van der Waals surface area contributed by atoms with Crippen LogP contribution in [0.1, 0.15) is 35.8 Å². The molecule has 0 aliphatic carbocycles. The van der Waals surface area contributed by atoms with Crippen LogP contribution in [0.4, 0.5) is 0 Å². The Bertz CT molecular complexity index is 864. The first-order valence-electron chi connectivity index (χ1n) is 9.33. The topological polar surface area (TPSA) is 78.2 Å². The monoisotopic (exact) mass is 362 g/mol. The molecule has 0 spiro atoms. The molecule has 2 atom stereocenters. The fourth-order valence-corrected chi connectivity index (χ4v) is 4.13. The maximum absolute atomic E-state index is 12.7. The first kappa shape index (κ1) is 17.5. The predicted octanol–water partition coefficient (Wildman–Crippen LogP) is 2.96. The molecule has 1 aromatic carbocycles. The van der Waals surface area contributed by atoms with Crippen molar-refractivity contribution in [2.24, 2.45) is 5.92 Å². The van der Waals surface area contributed by atoms with Crippen molar-refractivity contribution in [2.45, 2.75) is 31.8 Å². The molecule has 3 aliphatic rings. The van der Waals surface area contributed by atoms with E-state index in [1.807, 2.05) is 6.07 Å². The van der Waals surface area contributed by atoms with Crippen LogP contribution in [0.5, 0.6) is 11.5 Å². The Morgan fingerprint density at radius 1 is 1.22 bits per heavy atom. The average molecular weight is 362 g/mol. The summed E-state index contributed by atoms with van der Waals surface area (Å²) in [6, 6.07) is 12.9. The Kier molecular flexibility index (Phi) is 4.78. The highest BCUT2D eigenvalue weighted by molar-refractivity contribution is 5.94. The number of nitrogens with one attached hydrogen (secondary N) is 1. The van der Waals surface area contributed by atoms with E-state index in [1.54, 1.807) is 36.4 Å². The van der Waals surface area contributed by atoms with Gasteiger partial charge in [-0.05, 0) is 69.1 Å². The van der Waals surface area contributed by atoms with Gasteiger partial charge in [0, 0.05) is 29.9 Å². The van der Waals surface area contributed by atoms with Crippen LogP contribution in [0.3, 0.4) is 0 Å². The van der Waals surface area contributed by atoms with Gasteiger partial charge in [0.2, 0.25) is 0 Å². The fraction of sp³-hybridized carbons (Fsp3) is 0.381. The van der Waals surface area contributed by atoms with Crippen molar-refractivity contribution >= 4 is 5.91 Å². The van der Waals surface area contributed by atoms with Gasteiger partial charge in [0.25, 0.3) is 5.91 Å². The van der Waals surface area contributed by atoms with E-state index in [2.05, 4.69) is 22.1 Å². The molecule has 5 rings (SSSR count). The second kappa shape index (κ2) is 7.37. The zero-order valence-corrected chi connectivity index (χ0v) is 15.3. The number of aromatic nitrogens is 1. The lowest BCUT2D eigenvalue weighted by Crippen LogP contribution is -2.62. The number of carbonyl (C=O) groups excluding carboxylic acids is 1. The van der Waals surface area contributed by atoms with E-state index in [-0.39, 0.29) is 11.9 Å². The van der Waals surface area contributed by atoms with E-state index in [0.29, 0.717) is 34.7 Å². The number of hydrogen-bond acceptors (Lipinski definition) is 5. The lowest BCUT2D eigenvalue weighted by atomic mass is 9.79. The molecule has 27 heavy (non-hydrogen) atoms. The smallest absolute Gasteiger partial charge is 0.251 e. The number of piperidine rings is 3. The molecule has 6 heteroatoms. The minimum Gasteiger partial charge on any atom is -0.457 e. The summed E-state index contributed by atoms with van der Waals surface area (Å²) in [6.45, 7) is 4.50. The molecule has 3 saturated heterocycles. The summed E-state index contributed by atoms with van der Waals surface area (Å²) in [6.07, 6.45) is 3.86. The highest BCUT2D eigenvalue weighted by Gasteiger charge is 2.40. The first-order valence-corrected chi connectivity index (χ1v) is 9.33. The van der Waals surface area contributed by atoms with Crippen molar-refractivity contribution in [1.82, 2.24) is 15.2 Å². The van der Waals surface area contributed by atoms with Crippen molar-refractivity contribution in [3.63, 3.8) is 0 Å². The summed E-state index contributed by atoms with van der Waals surface area (Å²) < 4.78 is 5.73. The van der Waals surface area contributed by atoms with Gasteiger partial charge in [-0.25, -0.2) is 4.98 Å². The molecule has 138 valence electrons. The summed E-state index contributed by atoms with van der Waals surface area (Å²) in [5.74, 6) is 1.69. The van der Waals surface area contributed by atoms with E-state index in [0.717, 1.165) is 13.1 Å². The van der Waals surface area contributed by atoms with Gasteiger partial charge in [0.15, 0.2) is 0 Å². The van der Waals surface area contributed by atoms with Crippen LogP contribution in [-0.4, -0.2) is 41.0 Å². The summed E-state index contributed by atoms with van der Waals surface area (Å²) in [4.78, 5) is 19.1. The number of nitrogens with zero attached hydrogens (tertiary/aromatic N) is 3. The summed E-state index contributed by atoms with van der Waals surface area (Å²) in [5.41, 5.74) is 0.925. The normalized spacial score (nSPS) is 26.2. The number of nitriles is 1. The van der Waals surface area contributed by atoms with Crippen molar-refractivity contribution < 1.29 is 9.53 Å². The van der Waals surface area contributed by atoms with Gasteiger partial charge in [-0.2, -0.15) is 5.26 Å². The van der Waals surface area contributed by atoms with Crippen LogP contribution in [0.2, 0.25) is 0 Å². The van der Waals surface area contributed by atoms with Gasteiger partial charge < -0.3 is 10.1 Å². The molecule has 1 N–H and O–H groups in total. The Morgan fingerprint density at radius 2 is 1.96 bits per heavy atom. The molecule has 0 radical (unpaired) electrons. The van der Waals surface area contributed by atoms with Crippen LogP contribution in [0.25, 0.3) is 0 Å². The lowest BCUT2D eigenvalue weighted by Gasteiger charge is -2.49. The van der Waals surface area contributed by atoms with Crippen LogP contribution in [0.15, 0.2) is 42.6 Å². The molecule has 2 unspecified atom stereocenters. The minimum absolute atomic E-state index is 0.0390. The summed E-state index contributed by atoms with van der Waals surface area (Å²) >= 11 is 0. The number of ether oxygens (including phenoxy) is 1. The Hall–Kier alpha value is -2.91. The molecular formula is C21H22N4O2. The highest BCUT2D eigenvalue weighted by atomic mass is 16.5. The number of carbonyl (C=O) groups is 1. The molecule has 6 nitrogen and oxygen atoms in total. The van der Waals surface area contributed by atoms with Crippen LogP contribution >= 0.6 is 0 Å². The molecule has 3 aliphatic heterocycles. The zero-order chi connectivity index (χ0) is 18.8. The fourth-order valence-electron chi connectivity index (χ4n) is 4.13. The van der Waals surface area contributed by atoms with Gasteiger partial charge >= 0.3 is 0 Å². The molecular weight excluding hydrogens is 340 g/mol. The van der Waals surface area contributed by atoms with E-state index in [9.17, 15) is 4.79 Å². The van der Waals surface area contributed by atoms with Gasteiger partial charge in [-0.1, -0.05) is 0 Å². The van der Waals surface area contributed by atoms with E-state index < -0.39 is 0 Å². The van der Waals surface area contributed by atoms with Crippen molar-refractivity contribution in [3.05, 3.63) is 53.9 Å². The summed E-state index contributed by atoms with van der Waals surface area (Å²) in [7, 11) is 0. The zero-order valence-electron chi connectivity index (χ0n) is 15.3. The Labute approximate surface area is 158 Å².